The molecule has 0 saturated carbocycles. The molecule has 0 spiro atoms. The molecule has 0 unspecified atom stereocenters. The van der Waals surface area contributed by atoms with Gasteiger partial charge in [-0.2, -0.15) is 0 Å². The largest absolute Gasteiger partial charge is 0.490 e. The molecule has 0 atom stereocenters. The van der Waals surface area contributed by atoms with Gasteiger partial charge in [0.15, 0.2) is 0 Å². The fourth-order valence-corrected chi connectivity index (χ4v) is 3.54. The molecular weight excluding hydrogens is 435 g/mol. The maximum atomic E-state index is 13.1. The van der Waals surface area contributed by atoms with Crippen molar-refractivity contribution in [3.05, 3.63) is 93.2 Å². The third kappa shape index (κ3) is 5.07. The highest BCUT2D eigenvalue weighted by Gasteiger charge is 2.12. The topological polar surface area (TPSA) is 53.4 Å². The van der Waals surface area contributed by atoms with Crippen molar-refractivity contribution in [1.29, 1.82) is 0 Å². The monoisotopic (exact) mass is 454 g/mol. The summed E-state index contributed by atoms with van der Waals surface area (Å²) in [5.41, 5.74) is 1.36. The highest BCUT2D eigenvalue weighted by atomic mass is 35.5. The number of benzene rings is 3. The van der Waals surface area contributed by atoms with Crippen LogP contribution in [0.1, 0.15) is 0 Å². The Bertz CT molecular complexity index is 1240. The van der Waals surface area contributed by atoms with E-state index in [0.29, 0.717) is 58.9 Å². The van der Waals surface area contributed by atoms with Crippen molar-refractivity contribution in [3.63, 3.8) is 0 Å². The van der Waals surface area contributed by atoms with Crippen molar-refractivity contribution in [2.24, 2.45) is 0 Å². The summed E-state index contributed by atoms with van der Waals surface area (Å²) >= 11 is 12.1. The van der Waals surface area contributed by atoms with Crippen molar-refractivity contribution in [3.8, 4) is 17.1 Å². The SMILES string of the molecule is O=c1c2ccccc2nc(-c2ccc(Cl)cc2)n1CCOCCOc1ccccc1Cl. The van der Waals surface area contributed by atoms with Crippen molar-refractivity contribution in [2.45, 2.75) is 6.54 Å². The van der Waals surface area contributed by atoms with E-state index in [1.165, 1.54) is 0 Å². The van der Waals surface area contributed by atoms with Gasteiger partial charge in [-0.25, -0.2) is 4.98 Å². The summed E-state index contributed by atoms with van der Waals surface area (Å²) in [6.45, 7) is 1.43. The van der Waals surface area contributed by atoms with Crippen LogP contribution in [-0.2, 0) is 11.3 Å². The zero-order valence-electron chi connectivity index (χ0n) is 16.6. The number of nitrogens with zero attached hydrogens (tertiary/aromatic N) is 2. The highest BCUT2D eigenvalue weighted by molar-refractivity contribution is 6.32. The average molecular weight is 455 g/mol. The number of hydrogen-bond acceptors (Lipinski definition) is 4. The van der Waals surface area contributed by atoms with Gasteiger partial charge in [-0.3, -0.25) is 9.36 Å². The fraction of sp³-hybridized carbons (Fsp3) is 0.167. The Kier molecular flexibility index (Phi) is 6.87. The predicted octanol–water partition coefficient (Wildman–Crippen LogP) is 5.47. The van der Waals surface area contributed by atoms with Crippen molar-refractivity contribution in [2.75, 3.05) is 19.8 Å². The molecule has 1 heterocycles. The van der Waals surface area contributed by atoms with Gasteiger partial charge in [0, 0.05) is 10.6 Å². The number of ether oxygens (including phenoxy) is 2. The normalized spacial score (nSPS) is 11.0. The molecule has 4 aromatic rings. The molecule has 158 valence electrons. The van der Waals surface area contributed by atoms with E-state index in [0.717, 1.165) is 5.56 Å². The Labute approximate surface area is 189 Å². The lowest BCUT2D eigenvalue weighted by molar-refractivity contribution is 0.0941. The molecule has 0 aliphatic carbocycles. The zero-order valence-corrected chi connectivity index (χ0v) is 18.1. The number of halogens is 2. The van der Waals surface area contributed by atoms with E-state index >= 15 is 0 Å². The van der Waals surface area contributed by atoms with Crippen LogP contribution in [0, 0.1) is 0 Å². The summed E-state index contributed by atoms with van der Waals surface area (Å²) < 4.78 is 13.0. The fourth-order valence-electron chi connectivity index (χ4n) is 3.23. The van der Waals surface area contributed by atoms with E-state index in [1.54, 1.807) is 34.9 Å². The van der Waals surface area contributed by atoms with Gasteiger partial charge in [0.1, 0.15) is 18.2 Å². The Morgan fingerprint density at radius 1 is 0.839 bits per heavy atom. The standard InChI is InChI=1S/C24H20Cl2N2O3/c25-18-11-9-17(10-12-18)23-27-21-7-3-1-5-19(21)24(29)28(23)13-14-30-15-16-31-22-8-4-2-6-20(22)26/h1-12H,13-16H2. The molecule has 4 rings (SSSR count). The maximum absolute atomic E-state index is 13.1. The van der Waals surface area contributed by atoms with Gasteiger partial charge in [-0.05, 0) is 48.5 Å². The van der Waals surface area contributed by atoms with E-state index in [9.17, 15) is 4.79 Å². The first-order valence-electron chi connectivity index (χ1n) is 9.84. The minimum absolute atomic E-state index is 0.105. The van der Waals surface area contributed by atoms with Crippen LogP contribution in [0.25, 0.3) is 22.3 Å². The van der Waals surface area contributed by atoms with Crippen LogP contribution >= 0.6 is 23.2 Å². The zero-order chi connectivity index (χ0) is 21.6. The van der Waals surface area contributed by atoms with Crippen LogP contribution in [-0.4, -0.2) is 29.4 Å². The second-order valence-corrected chi connectivity index (χ2v) is 7.65. The van der Waals surface area contributed by atoms with Gasteiger partial charge in [0.05, 0.1) is 35.7 Å². The third-order valence-electron chi connectivity index (χ3n) is 4.75. The van der Waals surface area contributed by atoms with E-state index < -0.39 is 0 Å². The first-order valence-corrected chi connectivity index (χ1v) is 10.6. The lowest BCUT2D eigenvalue weighted by Gasteiger charge is -2.14. The van der Waals surface area contributed by atoms with Gasteiger partial charge >= 0.3 is 0 Å². The lowest BCUT2D eigenvalue weighted by Crippen LogP contribution is -2.26. The van der Waals surface area contributed by atoms with Crippen molar-refractivity contribution in [1.82, 2.24) is 9.55 Å². The quantitative estimate of drug-likeness (QED) is 0.331. The number of para-hydroxylation sites is 2. The van der Waals surface area contributed by atoms with Gasteiger partial charge in [0.2, 0.25) is 0 Å². The molecule has 31 heavy (non-hydrogen) atoms. The van der Waals surface area contributed by atoms with Gasteiger partial charge in [-0.15, -0.1) is 0 Å². The first kappa shape index (κ1) is 21.4. The summed E-state index contributed by atoms with van der Waals surface area (Å²) in [4.78, 5) is 17.9. The molecule has 0 N–H and O–H groups in total. The molecule has 0 amide bonds. The molecule has 0 aliphatic rings. The molecule has 5 nitrogen and oxygen atoms in total. The van der Waals surface area contributed by atoms with E-state index in [4.69, 9.17) is 37.7 Å². The molecule has 0 bridgehead atoms. The summed E-state index contributed by atoms with van der Waals surface area (Å²) in [6.07, 6.45) is 0. The number of aromatic nitrogens is 2. The van der Waals surface area contributed by atoms with E-state index in [-0.39, 0.29) is 5.56 Å². The molecular formula is C24H20Cl2N2O3. The average Bonchev–Trinajstić information content (AvgIpc) is 2.79. The molecule has 0 fully saturated rings. The van der Waals surface area contributed by atoms with Crippen molar-refractivity contribution < 1.29 is 9.47 Å². The number of hydrogen-bond donors (Lipinski definition) is 0. The molecule has 3 aromatic carbocycles. The van der Waals surface area contributed by atoms with Gasteiger partial charge in [-0.1, -0.05) is 47.5 Å². The summed E-state index contributed by atoms with van der Waals surface area (Å²) in [6, 6.07) is 21.9. The van der Waals surface area contributed by atoms with Crippen LogP contribution in [0.2, 0.25) is 10.0 Å². The Morgan fingerprint density at radius 2 is 1.58 bits per heavy atom. The highest BCUT2D eigenvalue weighted by Crippen LogP contribution is 2.23. The maximum Gasteiger partial charge on any atom is 0.261 e. The summed E-state index contributed by atoms with van der Waals surface area (Å²) in [5.74, 6) is 1.20. The summed E-state index contributed by atoms with van der Waals surface area (Å²) in [5, 5.41) is 1.76. The van der Waals surface area contributed by atoms with E-state index in [2.05, 4.69) is 0 Å². The second-order valence-electron chi connectivity index (χ2n) is 6.81. The van der Waals surface area contributed by atoms with Crippen molar-refractivity contribution >= 4 is 34.1 Å². The lowest BCUT2D eigenvalue weighted by atomic mass is 10.2. The smallest absolute Gasteiger partial charge is 0.261 e. The molecule has 0 radical (unpaired) electrons. The Hall–Kier alpha value is -2.86. The van der Waals surface area contributed by atoms with Gasteiger partial charge < -0.3 is 9.47 Å². The Balaban J connectivity index is 1.48. The third-order valence-corrected chi connectivity index (χ3v) is 5.31. The Morgan fingerprint density at radius 3 is 2.39 bits per heavy atom. The van der Waals surface area contributed by atoms with Crippen LogP contribution in [0.5, 0.6) is 5.75 Å². The molecule has 0 saturated heterocycles. The molecule has 0 aliphatic heterocycles. The second kappa shape index (κ2) is 9.96. The minimum atomic E-state index is -0.105. The number of fused-ring (bicyclic) bond motifs is 1. The minimum Gasteiger partial charge on any atom is -0.490 e. The van der Waals surface area contributed by atoms with Crippen LogP contribution in [0.4, 0.5) is 0 Å². The van der Waals surface area contributed by atoms with Crippen LogP contribution < -0.4 is 10.3 Å². The van der Waals surface area contributed by atoms with E-state index in [1.807, 2.05) is 42.5 Å². The van der Waals surface area contributed by atoms with Crippen LogP contribution in [0.3, 0.4) is 0 Å². The van der Waals surface area contributed by atoms with Crippen LogP contribution in [0.15, 0.2) is 77.6 Å². The predicted molar refractivity (Wildman–Crippen MR) is 124 cm³/mol. The molecule has 1 aromatic heterocycles. The molecule has 7 heteroatoms. The first-order chi connectivity index (χ1) is 15.1. The van der Waals surface area contributed by atoms with Gasteiger partial charge in [0.25, 0.3) is 5.56 Å². The summed E-state index contributed by atoms with van der Waals surface area (Å²) in [7, 11) is 0. The number of rotatable bonds is 8.